The van der Waals surface area contributed by atoms with E-state index in [1.807, 2.05) is 11.3 Å². The van der Waals surface area contributed by atoms with Crippen LogP contribution in [-0.4, -0.2) is 12.1 Å². The van der Waals surface area contributed by atoms with Gasteiger partial charge in [0.05, 0.1) is 0 Å². The lowest BCUT2D eigenvalue weighted by Gasteiger charge is -2.22. The van der Waals surface area contributed by atoms with Crippen molar-refractivity contribution in [1.82, 2.24) is 5.32 Å². The molecule has 2 unspecified atom stereocenters. The third-order valence-corrected chi connectivity index (χ3v) is 4.81. The molecule has 1 aromatic carbocycles. The molecule has 2 aromatic rings. The van der Waals surface area contributed by atoms with Crippen molar-refractivity contribution < 1.29 is 0 Å². The van der Waals surface area contributed by atoms with E-state index >= 15 is 0 Å². The Balaban J connectivity index is 1.88. The lowest BCUT2D eigenvalue weighted by molar-refractivity contribution is 0.480. The summed E-state index contributed by atoms with van der Waals surface area (Å²) < 4.78 is 1.46. The van der Waals surface area contributed by atoms with Crippen LogP contribution in [0.5, 0.6) is 0 Å². The van der Waals surface area contributed by atoms with Crippen LogP contribution in [0.2, 0.25) is 0 Å². The first kappa shape index (κ1) is 11.2. The molecule has 1 saturated carbocycles. The molecule has 90 valence electrons. The quantitative estimate of drug-likeness (QED) is 0.853. The first-order chi connectivity index (χ1) is 8.25. The highest BCUT2D eigenvalue weighted by atomic mass is 32.1. The van der Waals surface area contributed by atoms with Gasteiger partial charge in [0, 0.05) is 16.8 Å². The minimum Gasteiger partial charge on any atom is -0.311 e. The second kappa shape index (κ2) is 4.43. The van der Waals surface area contributed by atoms with Crippen LogP contribution in [0.1, 0.15) is 38.2 Å². The molecule has 0 spiro atoms. The van der Waals surface area contributed by atoms with Crippen LogP contribution < -0.4 is 5.32 Å². The van der Waals surface area contributed by atoms with Gasteiger partial charge in [-0.25, -0.2) is 0 Å². The van der Waals surface area contributed by atoms with Gasteiger partial charge in [-0.1, -0.05) is 25.1 Å². The van der Waals surface area contributed by atoms with Crippen molar-refractivity contribution in [2.45, 2.75) is 44.7 Å². The van der Waals surface area contributed by atoms with E-state index in [0.29, 0.717) is 12.0 Å². The van der Waals surface area contributed by atoms with Gasteiger partial charge in [0.2, 0.25) is 0 Å². The van der Waals surface area contributed by atoms with E-state index in [1.165, 1.54) is 28.5 Å². The summed E-state index contributed by atoms with van der Waals surface area (Å²) in [6.07, 6.45) is 2.72. The number of benzene rings is 1. The molecular weight excluding hydrogens is 226 g/mol. The Morgan fingerprint density at radius 1 is 1.24 bits per heavy atom. The summed E-state index contributed by atoms with van der Waals surface area (Å²) in [4.78, 5) is 0. The van der Waals surface area contributed by atoms with Crippen molar-refractivity contribution >= 4 is 21.4 Å². The topological polar surface area (TPSA) is 12.0 Å². The Bertz CT molecular complexity index is 512. The molecule has 0 radical (unpaired) electrons. The molecule has 2 atom stereocenters. The Morgan fingerprint density at radius 3 is 2.82 bits per heavy atom. The van der Waals surface area contributed by atoms with Crippen molar-refractivity contribution in [2.24, 2.45) is 0 Å². The molecule has 1 nitrogen and oxygen atoms in total. The smallest absolute Gasteiger partial charge is 0.0378 e. The average Bonchev–Trinajstić information content (AvgIpc) is 3.01. The molecule has 0 bridgehead atoms. The summed E-state index contributed by atoms with van der Waals surface area (Å²) in [5.41, 5.74) is 1.50. The van der Waals surface area contributed by atoms with E-state index in [-0.39, 0.29) is 0 Å². The number of thiophene rings is 1. The molecule has 1 aliphatic carbocycles. The van der Waals surface area contributed by atoms with Gasteiger partial charge in [0.25, 0.3) is 0 Å². The summed E-state index contributed by atoms with van der Waals surface area (Å²) in [6.45, 7) is 4.66. The van der Waals surface area contributed by atoms with E-state index in [9.17, 15) is 0 Å². The fraction of sp³-hybridized carbons (Fsp3) is 0.467. The molecule has 1 heterocycles. The maximum Gasteiger partial charge on any atom is 0.0378 e. The average molecular weight is 245 g/mol. The molecule has 2 heteroatoms. The number of rotatable bonds is 4. The molecule has 1 fully saturated rings. The maximum absolute atomic E-state index is 3.71. The van der Waals surface area contributed by atoms with E-state index < -0.39 is 0 Å². The van der Waals surface area contributed by atoms with Gasteiger partial charge in [-0.2, -0.15) is 0 Å². The van der Waals surface area contributed by atoms with Gasteiger partial charge in [0.15, 0.2) is 0 Å². The predicted molar refractivity (Wildman–Crippen MR) is 75.9 cm³/mol. The van der Waals surface area contributed by atoms with Crippen LogP contribution in [0.15, 0.2) is 29.6 Å². The van der Waals surface area contributed by atoms with Gasteiger partial charge in [-0.05, 0) is 48.1 Å². The van der Waals surface area contributed by atoms with Crippen molar-refractivity contribution in [3.8, 4) is 0 Å². The Kier molecular flexibility index (Phi) is 2.93. The monoisotopic (exact) mass is 245 g/mol. The first-order valence-corrected chi connectivity index (χ1v) is 7.36. The fourth-order valence-electron chi connectivity index (χ4n) is 2.41. The molecule has 1 aromatic heterocycles. The van der Waals surface area contributed by atoms with Gasteiger partial charge < -0.3 is 5.32 Å². The largest absolute Gasteiger partial charge is 0.311 e. The van der Waals surface area contributed by atoms with Crippen molar-refractivity contribution in [2.75, 3.05) is 0 Å². The standard InChI is InChI=1S/C15H19NS/c1-10(11(2)16-13-6-7-13)14-5-3-4-12-8-9-17-15(12)14/h3-5,8-11,13,16H,6-7H2,1-2H3. The van der Waals surface area contributed by atoms with E-state index in [4.69, 9.17) is 0 Å². The summed E-state index contributed by atoms with van der Waals surface area (Å²) in [7, 11) is 0. The Morgan fingerprint density at radius 2 is 2.06 bits per heavy atom. The molecule has 1 aliphatic rings. The number of fused-ring (bicyclic) bond motifs is 1. The zero-order valence-electron chi connectivity index (χ0n) is 10.4. The van der Waals surface area contributed by atoms with Gasteiger partial charge in [0.1, 0.15) is 0 Å². The predicted octanol–water partition coefficient (Wildman–Crippen LogP) is 4.15. The first-order valence-electron chi connectivity index (χ1n) is 6.48. The minimum absolute atomic E-state index is 0.565. The van der Waals surface area contributed by atoms with Crippen molar-refractivity contribution in [1.29, 1.82) is 0 Å². The SMILES string of the molecule is CC(NC1CC1)C(C)c1cccc2ccsc12. The summed E-state index contributed by atoms with van der Waals surface area (Å²) in [5.74, 6) is 0.581. The second-order valence-electron chi connectivity index (χ2n) is 5.20. The molecule has 3 rings (SSSR count). The molecule has 0 saturated heterocycles. The van der Waals surface area contributed by atoms with E-state index in [2.05, 4.69) is 48.8 Å². The van der Waals surface area contributed by atoms with Gasteiger partial charge in [-0.3, -0.25) is 0 Å². The lowest BCUT2D eigenvalue weighted by Crippen LogP contribution is -2.32. The highest BCUT2D eigenvalue weighted by molar-refractivity contribution is 7.17. The Labute approximate surface area is 107 Å². The van der Waals surface area contributed by atoms with Crippen LogP contribution in [0.3, 0.4) is 0 Å². The number of hydrogen-bond acceptors (Lipinski definition) is 2. The fourth-order valence-corrected chi connectivity index (χ4v) is 3.42. The van der Waals surface area contributed by atoms with Crippen LogP contribution in [-0.2, 0) is 0 Å². The molecule has 0 amide bonds. The Hall–Kier alpha value is -0.860. The van der Waals surface area contributed by atoms with Crippen LogP contribution in [0, 0.1) is 0 Å². The zero-order valence-corrected chi connectivity index (χ0v) is 11.3. The van der Waals surface area contributed by atoms with Crippen molar-refractivity contribution in [3.05, 3.63) is 35.2 Å². The normalized spacial score (nSPS) is 19.4. The lowest BCUT2D eigenvalue weighted by atomic mass is 9.93. The number of hydrogen-bond donors (Lipinski definition) is 1. The summed E-state index contributed by atoms with van der Waals surface area (Å²) in [6, 6.07) is 10.3. The highest BCUT2D eigenvalue weighted by Gasteiger charge is 2.26. The van der Waals surface area contributed by atoms with Crippen LogP contribution in [0.25, 0.3) is 10.1 Å². The maximum atomic E-state index is 3.71. The highest BCUT2D eigenvalue weighted by Crippen LogP contribution is 2.32. The van der Waals surface area contributed by atoms with Crippen molar-refractivity contribution in [3.63, 3.8) is 0 Å². The second-order valence-corrected chi connectivity index (χ2v) is 6.12. The molecule has 17 heavy (non-hydrogen) atoms. The summed E-state index contributed by atoms with van der Waals surface area (Å²) in [5, 5.41) is 7.29. The van der Waals surface area contributed by atoms with Crippen LogP contribution >= 0.6 is 11.3 Å². The molecule has 0 aliphatic heterocycles. The molecular formula is C15H19NS. The molecule has 1 N–H and O–H groups in total. The van der Waals surface area contributed by atoms with E-state index in [1.54, 1.807) is 0 Å². The van der Waals surface area contributed by atoms with E-state index in [0.717, 1.165) is 6.04 Å². The third-order valence-electron chi connectivity index (χ3n) is 3.83. The number of nitrogens with one attached hydrogen (secondary N) is 1. The third kappa shape index (κ3) is 2.24. The zero-order chi connectivity index (χ0) is 11.8. The van der Waals surface area contributed by atoms with Gasteiger partial charge >= 0.3 is 0 Å². The van der Waals surface area contributed by atoms with Gasteiger partial charge in [-0.15, -0.1) is 11.3 Å². The van der Waals surface area contributed by atoms with Crippen LogP contribution in [0.4, 0.5) is 0 Å². The summed E-state index contributed by atoms with van der Waals surface area (Å²) >= 11 is 1.87. The minimum atomic E-state index is 0.565.